The number of carbonyl (C=O) groups excluding carboxylic acids is 2. The van der Waals surface area contributed by atoms with E-state index in [2.05, 4.69) is 4.98 Å². The van der Waals surface area contributed by atoms with Crippen molar-refractivity contribution in [2.75, 3.05) is 12.0 Å². The molecule has 36 heavy (non-hydrogen) atoms. The minimum atomic E-state index is -1.18. The highest BCUT2D eigenvalue weighted by Gasteiger charge is 2.49. The first-order chi connectivity index (χ1) is 17.2. The van der Waals surface area contributed by atoms with E-state index in [0.29, 0.717) is 16.8 Å². The lowest BCUT2D eigenvalue weighted by Gasteiger charge is -2.23. The van der Waals surface area contributed by atoms with Gasteiger partial charge in [-0.05, 0) is 67.8 Å². The number of methoxy groups -OCH3 is 1. The number of hydrogen-bond acceptors (Lipinski definition) is 6. The molecule has 1 saturated heterocycles. The molecular formula is C28H23FN2O4S. The van der Waals surface area contributed by atoms with Gasteiger partial charge in [0.25, 0.3) is 5.78 Å². The number of amides is 1. The van der Waals surface area contributed by atoms with E-state index in [0.717, 1.165) is 21.4 Å². The zero-order valence-corrected chi connectivity index (χ0v) is 20.9. The van der Waals surface area contributed by atoms with Gasteiger partial charge in [0.2, 0.25) is 0 Å². The molecule has 0 radical (unpaired) electrons. The van der Waals surface area contributed by atoms with Crippen LogP contribution in [0.1, 0.15) is 33.9 Å². The first-order valence-electron chi connectivity index (χ1n) is 11.3. The first kappa shape index (κ1) is 23.7. The van der Waals surface area contributed by atoms with Crippen LogP contribution in [0.2, 0.25) is 0 Å². The summed E-state index contributed by atoms with van der Waals surface area (Å²) in [4.78, 5) is 32.6. The van der Waals surface area contributed by atoms with Gasteiger partial charge in [0.15, 0.2) is 5.13 Å². The smallest absolute Gasteiger partial charge is 0.301 e. The van der Waals surface area contributed by atoms with Crippen molar-refractivity contribution in [1.82, 2.24) is 4.98 Å². The lowest BCUT2D eigenvalue weighted by molar-refractivity contribution is -0.132. The number of Topliss-reactive ketones (excluding diaryl/α,β-unsaturated/α-hetero) is 1. The number of aromatic nitrogens is 1. The Morgan fingerprint density at radius 2 is 1.81 bits per heavy atom. The predicted octanol–water partition coefficient (Wildman–Crippen LogP) is 6.00. The zero-order chi connectivity index (χ0) is 25.7. The van der Waals surface area contributed by atoms with Crippen molar-refractivity contribution in [3.05, 3.63) is 93.8 Å². The molecule has 2 heterocycles. The number of aliphatic hydroxyl groups is 1. The molecule has 0 saturated carbocycles. The molecule has 5 rings (SSSR count). The van der Waals surface area contributed by atoms with Crippen LogP contribution in [0.25, 0.3) is 16.0 Å². The van der Waals surface area contributed by atoms with Crippen molar-refractivity contribution in [1.29, 1.82) is 0 Å². The fraction of sp³-hybridized carbons (Fsp3) is 0.179. The number of rotatable bonds is 4. The average Bonchev–Trinajstić information content (AvgIpc) is 3.37. The number of aliphatic hydroxyl groups excluding tert-OH is 1. The molecule has 1 amide bonds. The zero-order valence-electron chi connectivity index (χ0n) is 20.1. The summed E-state index contributed by atoms with van der Waals surface area (Å²) >= 11 is 1.25. The van der Waals surface area contributed by atoms with Crippen LogP contribution in [0.4, 0.5) is 9.52 Å². The van der Waals surface area contributed by atoms with E-state index in [1.807, 2.05) is 26.0 Å². The fourth-order valence-corrected chi connectivity index (χ4v) is 5.83. The van der Waals surface area contributed by atoms with Crippen LogP contribution in [-0.2, 0) is 9.59 Å². The molecule has 3 aromatic carbocycles. The number of anilines is 1. The number of carbonyl (C=O) groups is 2. The number of hydrogen-bond donors (Lipinski definition) is 1. The lowest BCUT2D eigenvalue weighted by Crippen LogP contribution is -2.29. The Morgan fingerprint density at radius 3 is 2.50 bits per heavy atom. The average molecular weight is 503 g/mol. The minimum Gasteiger partial charge on any atom is -0.507 e. The van der Waals surface area contributed by atoms with Crippen LogP contribution in [0.5, 0.6) is 5.75 Å². The van der Waals surface area contributed by atoms with Gasteiger partial charge in [-0.1, -0.05) is 35.6 Å². The van der Waals surface area contributed by atoms with Crippen molar-refractivity contribution in [2.24, 2.45) is 0 Å². The van der Waals surface area contributed by atoms with Gasteiger partial charge < -0.3 is 9.84 Å². The summed E-state index contributed by atoms with van der Waals surface area (Å²) in [6.07, 6.45) is 0. The van der Waals surface area contributed by atoms with Gasteiger partial charge in [-0.2, -0.15) is 0 Å². The predicted molar refractivity (Wildman–Crippen MR) is 138 cm³/mol. The van der Waals surface area contributed by atoms with Gasteiger partial charge in [0.05, 0.1) is 22.9 Å². The van der Waals surface area contributed by atoms with E-state index >= 15 is 4.39 Å². The second-order valence-corrected chi connectivity index (χ2v) is 9.81. The normalized spacial score (nSPS) is 17.2. The Labute approximate surface area is 211 Å². The Hall–Kier alpha value is -4.04. The third-order valence-electron chi connectivity index (χ3n) is 6.34. The summed E-state index contributed by atoms with van der Waals surface area (Å²) in [6.45, 7) is 5.69. The molecule has 6 nitrogen and oxygen atoms in total. The maximum atomic E-state index is 15.1. The van der Waals surface area contributed by atoms with Crippen LogP contribution >= 0.6 is 11.3 Å². The van der Waals surface area contributed by atoms with Crippen LogP contribution in [0, 0.1) is 26.6 Å². The van der Waals surface area contributed by atoms with Crippen molar-refractivity contribution in [3.63, 3.8) is 0 Å². The topological polar surface area (TPSA) is 79.7 Å². The van der Waals surface area contributed by atoms with E-state index in [-0.39, 0.29) is 22.0 Å². The second kappa shape index (κ2) is 8.87. The number of ether oxygens (including phenoxy) is 1. The molecule has 0 unspecified atom stereocenters. The van der Waals surface area contributed by atoms with Gasteiger partial charge in [-0.3, -0.25) is 14.5 Å². The van der Waals surface area contributed by atoms with Crippen molar-refractivity contribution >= 4 is 44.1 Å². The maximum Gasteiger partial charge on any atom is 0.301 e. The van der Waals surface area contributed by atoms with Crippen molar-refractivity contribution in [2.45, 2.75) is 26.8 Å². The number of nitrogens with zero attached hydrogens (tertiary/aromatic N) is 2. The van der Waals surface area contributed by atoms with Gasteiger partial charge in [-0.25, -0.2) is 9.37 Å². The summed E-state index contributed by atoms with van der Waals surface area (Å²) in [5.74, 6) is -2.15. The largest absolute Gasteiger partial charge is 0.507 e. The molecule has 182 valence electrons. The molecule has 1 aliphatic heterocycles. The molecule has 4 aromatic rings. The maximum absolute atomic E-state index is 15.1. The second-order valence-electron chi connectivity index (χ2n) is 8.80. The molecule has 1 fully saturated rings. The summed E-state index contributed by atoms with van der Waals surface area (Å²) in [5, 5.41) is 11.6. The van der Waals surface area contributed by atoms with Gasteiger partial charge in [0, 0.05) is 11.1 Å². The van der Waals surface area contributed by atoms with E-state index in [1.54, 1.807) is 31.2 Å². The number of benzene rings is 3. The van der Waals surface area contributed by atoms with E-state index < -0.39 is 23.5 Å². The molecule has 1 aliphatic rings. The summed E-state index contributed by atoms with van der Waals surface area (Å²) in [5.41, 5.74) is 3.63. The molecule has 0 bridgehead atoms. The number of aryl methyl sites for hydroxylation is 3. The Balaban J connectivity index is 1.75. The fourth-order valence-electron chi connectivity index (χ4n) is 4.66. The molecular weight excluding hydrogens is 479 g/mol. The van der Waals surface area contributed by atoms with Crippen LogP contribution in [0.15, 0.2) is 60.2 Å². The molecule has 1 atom stereocenters. The standard InChI is InChI=1S/C28H23FN2O4S/c1-14-11-16(3)23-21(12-14)36-28(30-23)31-24(18-7-5-6-8-19(18)29)22(26(33)27(31)34)25(32)17-9-10-20(35-4)15(2)13-17/h5-13,24,32H,1-4H3/b25-22+/t24-/m1/s1. The number of thiazole rings is 1. The quantitative estimate of drug-likeness (QED) is 0.210. The number of fused-ring (bicyclic) bond motifs is 1. The number of halogens is 1. The number of ketones is 1. The Kier molecular flexibility index (Phi) is 5.84. The van der Waals surface area contributed by atoms with E-state index in [1.165, 1.54) is 41.5 Å². The van der Waals surface area contributed by atoms with Crippen LogP contribution in [-0.4, -0.2) is 28.9 Å². The summed E-state index contributed by atoms with van der Waals surface area (Å²) < 4.78 is 21.3. The summed E-state index contributed by atoms with van der Waals surface area (Å²) in [7, 11) is 1.53. The molecule has 1 N–H and O–H groups in total. The highest BCUT2D eigenvalue weighted by Crippen LogP contribution is 2.45. The SMILES string of the molecule is COc1ccc(/C(O)=C2\C(=O)C(=O)N(c3nc4c(C)cc(C)cc4s3)[C@@H]2c2ccccc2F)cc1C. The van der Waals surface area contributed by atoms with Crippen molar-refractivity contribution in [3.8, 4) is 5.75 Å². The molecule has 0 spiro atoms. The third-order valence-corrected chi connectivity index (χ3v) is 7.34. The Bertz CT molecular complexity index is 1590. The highest BCUT2D eigenvalue weighted by atomic mass is 32.1. The molecule has 8 heteroatoms. The third kappa shape index (κ3) is 3.74. The molecule has 1 aromatic heterocycles. The van der Waals surface area contributed by atoms with Crippen molar-refractivity contribution < 1.29 is 23.8 Å². The van der Waals surface area contributed by atoms with Gasteiger partial charge in [-0.15, -0.1) is 0 Å². The van der Waals surface area contributed by atoms with Gasteiger partial charge >= 0.3 is 5.91 Å². The highest BCUT2D eigenvalue weighted by molar-refractivity contribution is 7.22. The van der Waals surface area contributed by atoms with Gasteiger partial charge in [0.1, 0.15) is 23.4 Å². The Morgan fingerprint density at radius 1 is 1.06 bits per heavy atom. The monoisotopic (exact) mass is 502 g/mol. The van der Waals surface area contributed by atoms with E-state index in [4.69, 9.17) is 4.74 Å². The lowest BCUT2D eigenvalue weighted by atomic mass is 9.94. The summed E-state index contributed by atoms with van der Waals surface area (Å²) in [6, 6.07) is 13.6. The van der Waals surface area contributed by atoms with Crippen LogP contribution in [0.3, 0.4) is 0 Å². The molecule has 0 aliphatic carbocycles. The van der Waals surface area contributed by atoms with Crippen LogP contribution < -0.4 is 9.64 Å². The minimum absolute atomic E-state index is 0.0932. The van der Waals surface area contributed by atoms with E-state index in [9.17, 15) is 14.7 Å². The first-order valence-corrected chi connectivity index (χ1v) is 12.1.